The van der Waals surface area contributed by atoms with E-state index in [4.69, 9.17) is 0 Å². The van der Waals surface area contributed by atoms with E-state index < -0.39 is 0 Å². The third-order valence-electron chi connectivity index (χ3n) is 11.0. The van der Waals surface area contributed by atoms with Crippen molar-refractivity contribution >= 4 is 96.5 Å². The van der Waals surface area contributed by atoms with Crippen molar-refractivity contribution in [2.45, 2.75) is 182 Å². The van der Waals surface area contributed by atoms with Gasteiger partial charge in [-0.15, -0.1) is 45.3 Å². The first-order valence-corrected chi connectivity index (χ1v) is 24.2. The lowest BCUT2D eigenvalue weighted by Gasteiger charge is -2.07. The zero-order valence-corrected chi connectivity index (χ0v) is 35.2. The summed E-state index contributed by atoms with van der Waals surface area (Å²) in [6.45, 7) is 9.31. The van der Waals surface area contributed by atoms with Crippen LogP contribution in [0.4, 0.5) is 0 Å². The topological polar surface area (TPSA) is 0 Å². The van der Waals surface area contributed by atoms with E-state index in [9.17, 15) is 0 Å². The zero-order chi connectivity index (χ0) is 34.7. The van der Waals surface area contributed by atoms with Crippen LogP contribution in [0.15, 0.2) is 24.3 Å². The number of hydrogen-bond acceptors (Lipinski definition) is 4. The summed E-state index contributed by atoms with van der Waals surface area (Å²) < 4.78 is 6.34. The fourth-order valence-corrected chi connectivity index (χ4v) is 13.3. The minimum Gasteiger partial charge on any atom is -0.140 e. The fourth-order valence-electron chi connectivity index (χ4n) is 8.08. The average molecular weight is 745 g/mol. The van der Waals surface area contributed by atoms with Gasteiger partial charge in [-0.3, -0.25) is 0 Å². The summed E-state index contributed by atoms with van der Waals surface area (Å²) in [5.41, 5.74) is 0. The van der Waals surface area contributed by atoms with Crippen LogP contribution >= 0.6 is 45.3 Å². The zero-order valence-electron chi connectivity index (χ0n) is 31.9. The van der Waals surface area contributed by atoms with Crippen LogP contribution in [0.3, 0.4) is 0 Å². The molecular formula is C46H64S4. The highest BCUT2D eigenvalue weighted by atomic mass is 32.1. The number of unbranched alkanes of at least 4 members (excludes halogenated alkanes) is 16. The molecule has 0 N–H and O–H groups in total. The van der Waals surface area contributed by atoms with E-state index in [1.807, 2.05) is 0 Å². The normalized spacial score (nSPS) is 12.3. The number of hydrogen-bond donors (Lipinski definition) is 0. The molecule has 0 unspecified atom stereocenters. The first kappa shape index (κ1) is 38.3. The van der Waals surface area contributed by atoms with Gasteiger partial charge < -0.3 is 0 Å². The van der Waals surface area contributed by atoms with Gasteiger partial charge in [0.2, 0.25) is 0 Å². The Hall–Kier alpha value is -1.46. The van der Waals surface area contributed by atoms with Crippen LogP contribution in [-0.4, -0.2) is 0 Å². The van der Waals surface area contributed by atoms with E-state index in [1.165, 1.54) is 154 Å². The summed E-state index contributed by atoms with van der Waals surface area (Å²) in [7, 11) is 0. The third kappa shape index (κ3) is 9.18. The van der Waals surface area contributed by atoms with Gasteiger partial charge in [-0.05, 0) is 75.6 Å². The van der Waals surface area contributed by atoms with Crippen LogP contribution in [-0.2, 0) is 25.7 Å². The number of aryl methyl sites for hydroxylation is 4. The monoisotopic (exact) mass is 744 g/mol. The molecule has 0 radical (unpaired) electrons. The van der Waals surface area contributed by atoms with Gasteiger partial charge in [0.1, 0.15) is 0 Å². The molecule has 4 aromatic heterocycles. The summed E-state index contributed by atoms with van der Waals surface area (Å²) in [5, 5.41) is 9.42. The van der Waals surface area contributed by atoms with Crippen LogP contribution in [0.25, 0.3) is 51.1 Å². The quantitative estimate of drug-likeness (QED) is 0.0541. The van der Waals surface area contributed by atoms with E-state index in [1.54, 1.807) is 70.6 Å². The molecule has 0 aliphatic heterocycles. The summed E-state index contributed by atoms with van der Waals surface area (Å²) in [4.78, 5) is 6.44. The van der Waals surface area contributed by atoms with Gasteiger partial charge in [0.05, 0.1) is 0 Å². The Bertz CT molecular complexity index is 1650. The van der Waals surface area contributed by atoms with E-state index in [0.717, 1.165) is 0 Å². The third-order valence-corrected chi connectivity index (χ3v) is 15.8. The van der Waals surface area contributed by atoms with Crippen LogP contribution in [0.2, 0.25) is 0 Å². The van der Waals surface area contributed by atoms with Crippen LogP contribution < -0.4 is 0 Å². The minimum atomic E-state index is 1.24. The molecule has 0 bridgehead atoms. The summed E-state index contributed by atoms with van der Waals surface area (Å²) in [5.74, 6) is 0. The highest BCUT2D eigenvalue weighted by Gasteiger charge is 2.23. The van der Waals surface area contributed by atoms with Crippen molar-refractivity contribution in [2.75, 3.05) is 0 Å². The van der Waals surface area contributed by atoms with Crippen LogP contribution in [0, 0.1) is 0 Å². The predicted octanol–water partition coefficient (Wildman–Crippen LogP) is 17.8. The van der Waals surface area contributed by atoms with E-state index >= 15 is 0 Å². The van der Waals surface area contributed by atoms with Crippen molar-refractivity contribution in [3.05, 3.63) is 43.8 Å². The lowest BCUT2D eigenvalue weighted by atomic mass is 9.99. The molecule has 4 heteroatoms. The maximum Gasteiger partial charge on any atom is 0.0446 e. The number of thiophene rings is 4. The largest absolute Gasteiger partial charge is 0.140 e. The van der Waals surface area contributed by atoms with Crippen molar-refractivity contribution in [3.63, 3.8) is 0 Å². The molecule has 272 valence electrons. The van der Waals surface area contributed by atoms with E-state index in [0.29, 0.717) is 0 Å². The van der Waals surface area contributed by atoms with Gasteiger partial charge in [-0.1, -0.05) is 130 Å². The molecule has 0 amide bonds. The van der Waals surface area contributed by atoms with Gasteiger partial charge in [0.15, 0.2) is 0 Å². The fraction of sp³-hybridized carbons (Fsp3) is 0.609. The summed E-state index contributed by atoms with van der Waals surface area (Å²) in [6.07, 6.45) is 32.1. The lowest BCUT2D eigenvalue weighted by molar-refractivity contribution is 0.634. The van der Waals surface area contributed by atoms with Crippen LogP contribution in [0.5, 0.6) is 0 Å². The van der Waals surface area contributed by atoms with Gasteiger partial charge in [0, 0.05) is 70.6 Å². The molecule has 4 heterocycles. The van der Waals surface area contributed by atoms with Crippen LogP contribution in [0.1, 0.15) is 176 Å². The predicted molar refractivity (Wildman–Crippen MR) is 235 cm³/mol. The minimum absolute atomic E-state index is 1.24. The standard InChI is InChI=1S/C46H64S4/c1-5-9-13-17-21-25-33-29-37-38-30-34(26-22-18-14-10-6-2)48-44(38)42-41(43(37)47-33)45-39(31-35(49-45)27-23-19-15-11-7-3)40-32-36(50-46(40)42)28-24-20-16-12-8-4/h29-32H,5-28H2,1-4H3. The van der Waals surface area contributed by atoms with Gasteiger partial charge in [-0.25, -0.2) is 0 Å². The molecule has 6 rings (SSSR count). The highest BCUT2D eigenvalue weighted by Crippen LogP contribution is 2.52. The Kier molecular flexibility index (Phi) is 15.0. The van der Waals surface area contributed by atoms with Crippen molar-refractivity contribution < 1.29 is 0 Å². The first-order chi connectivity index (χ1) is 24.7. The van der Waals surface area contributed by atoms with Crippen molar-refractivity contribution in [2.24, 2.45) is 0 Å². The molecule has 6 aromatic rings. The maximum absolute atomic E-state index is 2.63. The number of benzene rings is 2. The van der Waals surface area contributed by atoms with Crippen molar-refractivity contribution in [1.82, 2.24) is 0 Å². The van der Waals surface area contributed by atoms with Gasteiger partial charge in [0.25, 0.3) is 0 Å². The molecule has 0 fully saturated rings. The molecular weight excluding hydrogens is 681 g/mol. The molecule has 0 saturated carbocycles. The van der Waals surface area contributed by atoms with Gasteiger partial charge >= 0.3 is 0 Å². The second-order valence-electron chi connectivity index (χ2n) is 15.2. The molecule has 0 nitrogen and oxygen atoms in total. The Morgan fingerprint density at radius 3 is 0.740 bits per heavy atom. The van der Waals surface area contributed by atoms with Crippen molar-refractivity contribution in [1.29, 1.82) is 0 Å². The second-order valence-corrected chi connectivity index (χ2v) is 19.8. The maximum atomic E-state index is 2.63. The average Bonchev–Trinajstić information content (AvgIpc) is 3.92. The highest BCUT2D eigenvalue weighted by molar-refractivity contribution is 7.27. The Balaban J connectivity index is 1.48. The number of fused-ring (bicyclic) bond motifs is 11. The molecule has 0 aliphatic carbocycles. The smallest absolute Gasteiger partial charge is 0.0446 e. The first-order valence-electron chi connectivity index (χ1n) is 20.9. The Morgan fingerprint density at radius 1 is 0.300 bits per heavy atom. The van der Waals surface area contributed by atoms with E-state index in [2.05, 4.69) is 97.3 Å². The molecule has 2 aromatic carbocycles. The molecule has 0 spiro atoms. The molecule has 0 atom stereocenters. The SMILES string of the molecule is CCCCCCCc1cc2c3cc(CCCCCCC)sc3c3c4sc(CCCCCCC)cc4c4cc(CCCCCCC)sc4c3c2s1. The Labute approximate surface area is 320 Å². The Morgan fingerprint density at radius 2 is 0.520 bits per heavy atom. The molecule has 0 aliphatic rings. The molecule has 50 heavy (non-hydrogen) atoms. The molecule has 0 saturated heterocycles. The van der Waals surface area contributed by atoms with E-state index in [-0.39, 0.29) is 0 Å². The lowest BCUT2D eigenvalue weighted by Crippen LogP contribution is -1.82. The second kappa shape index (κ2) is 19.6. The summed E-state index contributed by atoms with van der Waals surface area (Å²) in [6, 6.07) is 10.5. The number of rotatable bonds is 24. The van der Waals surface area contributed by atoms with Crippen molar-refractivity contribution in [3.8, 4) is 0 Å². The van der Waals surface area contributed by atoms with Gasteiger partial charge in [-0.2, -0.15) is 0 Å². The summed E-state index contributed by atoms with van der Waals surface area (Å²) >= 11 is 8.58.